The van der Waals surface area contributed by atoms with E-state index >= 15 is 0 Å². The minimum absolute atomic E-state index is 0.605. The third-order valence-electron chi connectivity index (χ3n) is 2.66. The van der Waals surface area contributed by atoms with E-state index in [-0.39, 0.29) is 0 Å². The van der Waals surface area contributed by atoms with Crippen LogP contribution in [0.4, 0.5) is 17.2 Å². The fourth-order valence-electron chi connectivity index (χ4n) is 1.51. The number of pyridine rings is 1. The smallest absolute Gasteiger partial charge is 0.130 e. The summed E-state index contributed by atoms with van der Waals surface area (Å²) < 4.78 is 0. The fraction of sp³-hybridized carbons (Fsp3) is 0.154. The SMILES string of the molecule is Cc1cc(Nc2cc(Cl)c(C)cc2Cl)ncc1N. The summed E-state index contributed by atoms with van der Waals surface area (Å²) in [6, 6.07) is 5.46. The number of aromatic nitrogens is 1. The van der Waals surface area contributed by atoms with Gasteiger partial charge in [-0.25, -0.2) is 4.98 Å². The molecule has 1 aromatic heterocycles. The molecule has 3 nitrogen and oxygen atoms in total. The summed E-state index contributed by atoms with van der Waals surface area (Å²) >= 11 is 12.2. The molecule has 0 aliphatic heterocycles. The van der Waals surface area contributed by atoms with Crippen LogP contribution in [-0.2, 0) is 0 Å². The molecule has 1 aromatic carbocycles. The zero-order valence-electron chi connectivity index (χ0n) is 10.1. The van der Waals surface area contributed by atoms with Gasteiger partial charge in [-0.15, -0.1) is 0 Å². The molecule has 18 heavy (non-hydrogen) atoms. The Labute approximate surface area is 116 Å². The summed E-state index contributed by atoms with van der Waals surface area (Å²) in [6.07, 6.45) is 1.61. The van der Waals surface area contributed by atoms with E-state index in [1.165, 1.54) is 0 Å². The maximum absolute atomic E-state index is 6.15. The van der Waals surface area contributed by atoms with Crippen LogP contribution in [-0.4, -0.2) is 4.98 Å². The van der Waals surface area contributed by atoms with E-state index in [2.05, 4.69) is 10.3 Å². The number of aryl methyl sites for hydroxylation is 2. The Kier molecular flexibility index (Phi) is 3.64. The number of hydrogen-bond donors (Lipinski definition) is 2. The molecule has 2 aromatic rings. The van der Waals surface area contributed by atoms with Gasteiger partial charge in [-0.2, -0.15) is 0 Å². The first-order valence-corrected chi connectivity index (χ1v) is 6.18. The second-order valence-corrected chi connectivity index (χ2v) is 4.95. The molecule has 94 valence electrons. The Morgan fingerprint density at radius 2 is 1.78 bits per heavy atom. The molecule has 0 amide bonds. The maximum Gasteiger partial charge on any atom is 0.130 e. The number of nitrogens with two attached hydrogens (primary N) is 1. The van der Waals surface area contributed by atoms with Crippen LogP contribution < -0.4 is 11.1 Å². The third-order valence-corrected chi connectivity index (χ3v) is 3.38. The van der Waals surface area contributed by atoms with Gasteiger partial charge in [-0.1, -0.05) is 23.2 Å². The highest BCUT2D eigenvalue weighted by Crippen LogP contribution is 2.30. The molecule has 0 saturated carbocycles. The number of hydrogen-bond acceptors (Lipinski definition) is 3. The van der Waals surface area contributed by atoms with Gasteiger partial charge in [-0.05, 0) is 43.2 Å². The summed E-state index contributed by atoms with van der Waals surface area (Å²) in [6.45, 7) is 3.83. The summed E-state index contributed by atoms with van der Waals surface area (Å²) in [5.41, 5.74) is 9.00. The number of halogens is 2. The van der Waals surface area contributed by atoms with Gasteiger partial charge in [0.2, 0.25) is 0 Å². The molecule has 5 heteroatoms. The molecule has 0 radical (unpaired) electrons. The monoisotopic (exact) mass is 281 g/mol. The standard InChI is InChI=1S/C13H13Cl2N3/c1-7-3-10(15)12(5-9(7)14)18-13-4-8(2)11(16)6-17-13/h3-6H,16H2,1-2H3,(H,17,18). The molecule has 0 unspecified atom stereocenters. The second kappa shape index (κ2) is 5.04. The number of nitrogen functional groups attached to an aromatic ring is 1. The van der Waals surface area contributed by atoms with Gasteiger partial charge in [0, 0.05) is 5.02 Å². The highest BCUT2D eigenvalue weighted by Gasteiger charge is 2.06. The average molecular weight is 282 g/mol. The summed E-state index contributed by atoms with van der Waals surface area (Å²) in [5.74, 6) is 0.684. The van der Waals surface area contributed by atoms with E-state index in [9.17, 15) is 0 Å². The molecule has 0 atom stereocenters. The second-order valence-electron chi connectivity index (χ2n) is 4.13. The Morgan fingerprint density at radius 1 is 1.06 bits per heavy atom. The van der Waals surface area contributed by atoms with Crippen molar-refractivity contribution in [2.24, 2.45) is 0 Å². The normalized spacial score (nSPS) is 10.4. The van der Waals surface area contributed by atoms with Crippen LogP contribution in [0.1, 0.15) is 11.1 Å². The van der Waals surface area contributed by atoms with E-state index in [0.717, 1.165) is 16.8 Å². The molecule has 0 spiro atoms. The lowest BCUT2D eigenvalue weighted by Crippen LogP contribution is -1.98. The Morgan fingerprint density at radius 3 is 2.44 bits per heavy atom. The first-order valence-electron chi connectivity index (χ1n) is 5.42. The summed E-state index contributed by atoms with van der Waals surface area (Å²) in [5, 5.41) is 4.39. The lowest BCUT2D eigenvalue weighted by molar-refractivity contribution is 1.28. The van der Waals surface area contributed by atoms with Crippen molar-refractivity contribution in [1.29, 1.82) is 0 Å². The van der Waals surface area contributed by atoms with Crippen molar-refractivity contribution in [3.05, 3.63) is 45.6 Å². The van der Waals surface area contributed by atoms with Crippen molar-refractivity contribution >= 4 is 40.4 Å². The van der Waals surface area contributed by atoms with Crippen LogP contribution in [0.15, 0.2) is 24.4 Å². The van der Waals surface area contributed by atoms with Gasteiger partial charge in [0.25, 0.3) is 0 Å². The van der Waals surface area contributed by atoms with Crippen LogP contribution in [0.3, 0.4) is 0 Å². The highest BCUT2D eigenvalue weighted by atomic mass is 35.5. The van der Waals surface area contributed by atoms with Crippen LogP contribution in [0.5, 0.6) is 0 Å². The van der Waals surface area contributed by atoms with E-state index in [0.29, 0.717) is 21.6 Å². The fourth-order valence-corrected chi connectivity index (χ4v) is 1.94. The summed E-state index contributed by atoms with van der Waals surface area (Å²) in [4.78, 5) is 4.19. The van der Waals surface area contributed by atoms with Crippen LogP contribution in [0, 0.1) is 13.8 Å². The van der Waals surface area contributed by atoms with Gasteiger partial charge in [-0.3, -0.25) is 0 Å². The predicted molar refractivity (Wildman–Crippen MR) is 77.9 cm³/mol. The van der Waals surface area contributed by atoms with Crippen molar-refractivity contribution < 1.29 is 0 Å². The predicted octanol–water partition coefficient (Wildman–Crippen LogP) is 4.33. The zero-order valence-corrected chi connectivity index (χ0v) is 11.6. The molecule has 0 aliphatic rings. The summed E-state index contributed by atoms with van der Waals surface area (Å²) in [7, 11) is 0. The topological polar surface area (TPSA) is 50.9 Å². The van der Waals surface area contributed by atoms with Crippen molar-refractivity contribution in [1.82, 2.24) is 4.98 Å². The molecule has 0 saturated heterocycles. The van der Waals surface area contributed by atoms with Crippen molar-refractivity contribution in [3.8, 4) is 0 Å². The number of rotatable bonds is 2. The minimum atomic E-state index is 0.605. The minimum Gasteiger partial charge on any atom is -0.397 e. The van der Waals surface area contributed by atoms with E-state index in [1.54, 1.807) is 12.3 Å². The molecule has 0 bridgehead atoms. The quantitative estimate of drug-likeness (QED) is 0.861. The molecule has 0 aliphatic carbocycles. The van der Waals surface area contributed by atoms with Crippen molar-refractivity contribution in [2.45, 2.75) is 13.8 Å². The van der Waals surface area contributed by atoms with Crippen molar-refractivity contribution in [3.63, 3.8) is 0 Å². The highest BCUT2D eigenvalue weighted by molar-refractivity contribution is 6.35. The Bertz CT molecular complexity index is 597. The van der Waals surface area contributed by atoms with Crippen LogP contribution >= 0.6 is 23.2 Å². The molecule has 2 rings (SSSR count). The number of anilines is 3. The van der Waals surface area contributed by atoms with Crippen LogP contribution in [0.25, 0.3) is 0 Å². The molecular weight excluding hydrogens is 269 g/mol. The molecular formula is C13H13Cl2N3. The molecule has 3 N–H and O–H groups in total. The van der Waals surface area contributed by atoms with Crippen molar-refractivity contribution in [2.75, 3.05) is 11.1 Å². The average Bonchev–Trinajstić information content (AvgIpc) is 2.31. The zero-order chi connectivity index (χ0) is 13.3. The number of benzene rings is 1. The first-order chi connectivity index (χ1) is 8.47. The van der Waals surface area contributed by atoms with E-state index in [4.69, 9.17) is 28.9 Å². The Balaban J connectivity index is 2.34. The van der Waals surface area contributed by atoms with Gasteiger partial charge in [0.1, 0.15) is 5.82 Å². The van der Waals surface area contributed by atoms with E-state index < -0.39 is 0 Å². The lowest BCUT2D eigenvalue weighted by Gasteiger charge is -2.10. The number of nitrogens with zero attached hydrogens (tertiary/aromatic N) is 1. The largest absolute Gasteiger partial charge is 0.397 e. The number of nitrogens with one attached hydrogen (secondary N) is 1. The maximum atomic E-state index is 6.15. The first kappa shape index (κ1) is 13.0. The van der Waals surface area contributed by atoms with Gasteiger partial charge in [0.15, 0.2) is 0 Å². The molecule has 1 heterocycles. The van der Waals surface area contributed by atoms with Gasteiger partial charge >= 0.3 is 0 Å². The van der Waals surface area contributed by atoms with Gasteiger partial charge in [0.05, 0.1) is 22.6 Å². The van der Waals surface area contributed by atoms with Crippen LogP contribution in [0.2, 0.25) is 10.0 Å². The third kappa shape index (κ3) is 2.68. The van der Waals surface area contributed by atoms with Gasteiger partial charge < -0.3 is 11.1 Å². The Hall–Kier alpha value is -1.45. The van der Waals surface area contributed by atoms with E-state index in [1.807, 2.05) is 26.0 Å². The molecule has 0 fully saturated rings. The lowest BCUT2D eigenvalue weighted by atomic mass is 10.2.